The van der Waals surface area contributed by atoms with Crippen LogP contribution in [0.4, 0.5) is 0 Å². The zero-order valence-electron chi connectivity index (χ0n) is 8.92. The highest BCUT2D eigenvalue weighted by molar-refractivity contribution is 5.06. The molecule has 0 aromatic heterocycles. The average molecular weight is 183 g/mol. The summed E-state index contributed by atoms with van der Waals surface area (Å²) in [5.74, 6) is 1.55. The molecular formula is C11H21NO. The summed E-state index contributed by atoms with van der Waals surface area (Å²) in [6.07, 6.45) is 6.21. The monoisotopic (exact) mass is 183 g/mol. The quantitative estimate of drug-likeness (QED) is 0.536. The Kier molecular flexibility index (Phi) is 3.94. The van der Waals surface area contributed by atoms with E-state index in [0.29, 0.717) is 5.92 Å². The summed E-state index contributed by atoms with van der Waals surface area (Å²) in [7, 11) is 1.65. The maximum absolute atomic E-state index is 5.73. The largest absolute Gasteiger partial charge is 0.363 e. The summed E-state index contributed by atoms with van der Waals surface area (Å²) >= 11 is 0. The molecule has 0 spiro atoms. The van der Waals surface area contributed by atoms with E-state index in [0.717, 1.165) is 11.5 Å². The van der Waals surface area contributed by atoms with Crippen LogP contribution in [-0.2, 0) is 4.74 Å². The van der Waals surface area contributed by atoms with E-state index in [1.807, 2.05) is 6.92 Å². The predicted octanol–water partition coefficient (Wildman–Crippen LogP) is 2.30. The Bertz CT molecular complexity index is 185. The van der Waals surface area contributed by atoms with Gasteiger partial charge in [0.1, 0.15) is 6.23 Å². The van der Waals surface area contributed by atoms with E-state index in [9.17, 15) is 0 Å². The third-order valence-electron chi connectivity index (χ3n) is 3.12. The van der Waals surface area contributed by atoms with Crippen LogP contribution >= 0.6 is 0 Å². The Balaban J connectivity index is 2.42. The van der Waals surface area contributed by atoms with Crippen LogP contribution < -0.4 is 5.73 Å². The van der Waals surface area contributed by atoms with Gasteiger partial charge in [-0.3, -0.25) is 0 Å². The van der Waals surface area contributed by atoms with Crippen LogP contribution in [0.1, 0.15) is 33.1 Å². The van der Waals surface area contributed by atoms with Gasteiger partial charge in [0.2, 0.25) is 0 Å². The van der Waals surface area contributed by atoms with Crippen molar-refractivity contribution in [3.63, 3.8) is 0 Å². The standard InChI is InChI=1S/C11H21NO/c1-8(10-5-4-6-10)7-9(2)11(12)13-3/h7-8,10-11H,4-6,12H2,1-3H3/b9-7+. The molecule has 13 heavy (non-hydrogen) atoms. The first kappa shape index (κ1) is 10.7. The number of ether oxygens (including phenoxy) is 1. The number of methoxy groups -OCH3 is 1. The molecule has 1 saturated carbocycles. The summed E-state index contributed by atoms with van der Waals surface area (Å²) in [6, 6.07) is 0. The van der Waals surface area contributed by atoms with Gasteiger partial charge < -0.3 is 10.5 Å². The highest BCUT2D eigenvalue weighted by atomic mass is 16.5. The van der Waals surface area contributed by atoms with Gasteiger partial charge in [-0.1, -0.05) is 19.4 Å². The molecule has 1 aliphatic carbocycles. The predicted molar refractivity (Wildman–Crippen MR) is 55.2 cm³/mol. The van der Waals surface area contributed by atoms with Crippen molar-refractivity contribution < 1.29 is 4.74 Å². The van der Waals surface area contributed by atoms with Crippen LogP contribution in [0.5, 0.6) is 0 Å². The minimum Gasteiger partial charge on any atom is -0.363 e. The van der Waals surface area contributed by atoms with Crippen molar-refractivity contribution in [1.29, 1.82) is 0 Å². The molecule has 1 fully saturated rings. The third kappa shape index (κ3) is 2.82. The molecule has 2 N–H and O–H groups in total. The molecule has 0 amide bonds. The molecule has 76 valence electrons. The van der Waals surface area contributed by atoms with Gasteiger partial charge in [-0.15, -0.1) is 0 Å². The normalized spacial score (nSPS) is 23.8. The minimum absolute atomic E-state index is 0.220. The van der Waals surface area contributed by atoms with Gasteiger partial charge >= 0.3 is 0 Å². The molecule has 0 bridgehead atoms. The maximum Gasteiger partial charge on any atom is 0.127 e. The minimum atomic E-state index is -0.220. The van der Waals surface area contributed by atoms with Crippen LogP contribution in [0.25, 0.3) is 0 Å². The lowest BCUT2D eigenvalue weighted by Gasteiger charge is -2.30. The molecule has 2 atom stereocenters. The van der Waals surface area contributed by atoms with Gasteiger partial charge in [0.15, 0.2) is 0 Å². The Morgan fingerprint density at radius 3 is 2.54 bits per heavy atom. The zero-order chi connectivity index (χ0) is 9.84. The van der Waals surface area contributed by atoms with Crippen molar-refractivity contribution in [2.24, 2.45) is 17.6 Å². The topological polar surface area (TPSA) is 35.2 Å². The van der Waals surface area contributed by atoms with Crippen LogP contribution in [-0.4, -0.2) is 13.3 Å². The van der Waals surface area contributed by atoms with Gasteiger partial charge in [0.05, 0.1) is 0 Å². The fraction of sp³-hybridized carbons (Fsp3) is 0.818. The molecule has 1 aliphatic rings. The summed E-state index contributed by atoms with van der Waals surface area (Å²) in [5, 5.41) is 0. The van der Waals surface area contributed by atoms with Gasteiger partial charge in [0, 0.05) is 7.11 Å². The summed E-state index contributed by atoms with van der Waals surface area (Å²) in [4.78, 5) is 0. The Morgan fingerprint density at radius 1 is 1.54 bits per heavy atom. The van der Waals surface area contributed by atoms with E-state index < -0.39 is 0 Å². The zero-order valence-corrected chi connectivity index (χ0v) is 8.92. The van der Waals surface area contributed by atoms with Crippen molar-refractivity contribution in [1.82, 2.24) is 0 Å². The highest BCUT2D eigenvalue weighted by Crippen LogP contribution is 2.34. The van der Waals surface area contributed by atoms with Crippen molar-refractivity contribution in [3.8, 4) is 0 Å². The maximum atomic E-state index is 5.73. The van der Waals surface area contributed by atoms with E-state index >= 15 is 0 Å². The number of rotatable bonds is 4. The summed E-state index contributed by atoms with van der Waals surface area (Å²) < 4.78 is 5.05. The summed E-state index contributed by atoms with van der Waals surface area (Å²) in [6.45, 7) is 4.32. The number of hydrogen-bond acceptors (Lipinski definition) is 2. The van der Waals surface area contributed by atoms with E-state index in [4.69, 9.17) is 10.5 Å². The van der Waals surface area contributed by atoms with Gasteiger partial charge in [-0.25, -0.2) is 0 Å². The molecule has 2 nitrogen and oxygen atoms in total. The van der Waals surface area contributed by atoms with Gasteiger partial charge in [-0.05, 0) is 37.2 Å². The third-order valence-corrected chi connectivity index (χ3v) is 3.12. The fourth-order valence-electron chi connectivity index (χ4n) is 1.80. The Labute approximate surface area is 81.1 Å². The first-order chi connectivity index (χ1) is 6.15. The molecule has 1 rings (SSSR count). The smallest absolute Gasteiger partial charge is 0.127 e. The number of nitrogens with two attached hydrogens (primary N) is 1. The first-order valence-electron chi connectivity index (χ1n) is 5.12. The van der Waals surface area contributed by atoms with Crippen LogP contribution in [0, 0.1) is 11.8 Å². The molecule has 2 unspecified atom stereocenters. The molecule has 0 heterocycles. The second-order valence-electron chi connectivity index (χ2n) is 4.12. The molecule has 0 saturated heterocycles. The lowest BCUT2D eigenvalue weighted by atomic mass is 9.76. The van der Waals surface area contributed by atoms with E-state index in [2.05, 4.69) is 13.0 Å². The summed E-state index contributed by atoms with van der Waals surface area (Å²) in [5.41, 5.74) is 6.89. The number of hydrogen-bond donors (Lipinski definition) is 1. The molecule has 0 aliphatic heterocycles. The lowest BCUT2D eigenvalue weighted by Crippen LogP contribution is -2.25. The first-order valence-corrected chi connectivity index (χ1v) is 5.12. The second-order valence-corrected chi connectivity index (χ2v) is 4.12. The van der Waals surface area contributed by atoms with E-state index in [-0.39, 0.29) is 6.23 Å². The highest BCUT2D eigenvalue weighted by Gasteiger charge is 2.22. The second kappa shape index (κ2) is 4.77. The van der Waals surface area contributed by atoms with Crippen molar-refractivity contribution in [2.45, 2.75) is 39.3 Å². The van der Waals surface area contributed by atoms with Crippen molar-refractivity contribution in [2.75, 3.05) is 7.11 Å². The van der Waals surface area contributed by atoms with Crippen LogP contribution in [0.2, 0.25) is 0 Å². The lowest BCUT2D eigenvalue weighted by molar-refractivity contribution is 0.135. The fourth-order valence-corrected chi connectivity index (χ4v) is 1.80. The molecule has 0 aromatic carbocycles. The van der Waals surface area contributed by atoms with Crippen LogP contribution in [0.3, 0.4) is 0 Å². The Morgan fingerprint density at radius 2 is 2.15 bits per heavy atom. The number of allylic oxidation sites excluding steroid dienone is 1. The average Bonchev–Trinajstić information content (AvgIpc) is 1.99. The molecule has 0 radical (unpaired) electrons. The van der Waals surface area contributed by atoms with Gasteiger partial charge in [-0.2, -0.15) is 0 Å². The SMILES string of the molecule is COC(N)/C(C)=C/C(C)C1CCC1. The van der Waals surface area contributed by atoms with Crippen molar-refractivity contribution in [3.05, 3.63) is 11.6 Å². The Hall–Kier alpha value is -0.340. The molecule has 2 heteroatoms. The molecule has 0 aromatic rings. The van der Waals surface area contributed by atoms with Gasteiger partial charge in [0.25, 0.3) is 0 Å². The van der Waals surface area contributed by atoms with Crippen molar-refractivity contribution >= 4 is 0 Å². The van der Waals surface area contributed by atoms with Crippen LogP contribution in [0.15, 0.2) is 11.6 Å². The molecular weight excluding hydrogens is 162 g/mol. The van der Waals surface area contributed by atoms with E-state index in [1.165, 1.54) is 19.3 Å². The van der Waals surface area contributed by atoms with E-state index in [1.54, 1.807) is 7.11 Å².